The van der Waals surface area contributed by atoms with Crippen LogP contribution in [0.25, 0.3) is 11.3 Å². The molecule has 4 rings (SSSR count). The second-order valence-electron chi connectivity index (χ2n) is 5.63. The van der Waals surface area contributed by atoms with E-state index in [1.807, 2.05) is 0 Å². The molecular formula is C16H19N3O. The molecule has 104 valence electrons. The van der Waals surface area contributed by atoms with Gasteiger partial charge in [-0.15, -0.1) is 0 Å². The van der Waals surface area contributed by atoms with Gasteiger partial charge in [-0.2, -0.15) is 5.10 Å². The highest BCUT2D eigenvalue weighted by Gasteiger charge is 2.19. The summed E-state index contributed by atoms with van der Waals surface area (Å²) in [4.78, 5) is 0. The van der Waals surface area contributed by atoms with Crippen LogP contribution >= 0.6 is 0 Å². The van der Waals surface area contributed by atoms with Crippen molar-refractivity contribution in [1.29, 1.82) is 0 Å². The number of nitrogens with zero attached hydrogens (tertiary/aromatic N) is 1. The van der Waals surface area contributed by atoms with Crippen LogP contribution in [0.1, 0.15) is 36.6 Å². The van der Waals surface area contributed by atoms with Crippen molar-refractivity contribution in [2.75, 3.05) is 13.2 Å². The minimum absolute atomic E-state index is 0.442. The number of hydrogen-bond donors (Lipinski definition) is 2. The van der Waals surface area contributed by atoms with Crippen LogP contribution in [0.15, 0.2) is 24.3 Å². The number of nitrogens with one attached hydrogen (secondary N) is 2. The van der Waals surface area contributed by atoms with Crippen LogP contribution in [-0.2, 0) is 6.42 Å². The first-order chi connectivity index (χ1) is 9.90. The number of benzene rings is 1. The van der Waals surface area contributed by atoms with Crippen molar-refractivity contribution in [3.8, 4) is 17.0 Å². The zero-order valence-electron chi connectivity index (χ0n) is 11.5. The van der Waals surface area contributed by atoms with Crippen molar-refractivity contribution in [1.82, 2.24) is 15.5 Å². The Kier molecular flexibility index (Phi) is 2.96. The van der Waals surface area contributed by atoms with E-state index in [-0.39, 0.29) is 0 Å². The maximum atomic E-state index is 5.66. The van der Waals surface area contributed by atoms with Crippen molar-refractivity contribution >= 4 is 0 Å². The molecule has 2 aromatic rings. The number of aryl methyl sites for hydroxylation is 1. The Hall–Kier alpha value is -1.81. The Morgan fingerprint density at radius 1 is 1.20 bits per heavy atom. The minimum atomic E-state index is 0.442. The standard InChI is InChI=1S/C16H19N3O/c1-4-13(17-7-1)15-10-14(18-19-15)11-5-6-16-12(9-11)3-2-8-20-16/h5-6,9-10,13,17H,1-4,7-8H2,(H,18,19). The molecule has 4 nitrogen and oxygen atoms in total. The molecule has 1 aromatic heterocycles. The normalized spacial score (nSPS) is 21.5. The molecule has 2 N–H and O–H groups in total. The van der Waals surface area contributed by atoms with Gasteiger partial charge in [0.1, 0.15) is 5.75 Å². The fourth-order valence-electron chi connectivity index (χ4n) is 3.13. The van der Waals surface area contributed by atoms with E-state index in [4.69, 9.17) is 4.74 Å². The van der Waals surface area contributed by atoms with Gasteiger partial charge in [0.15, 0.2) is 0 Å². The second-order valence-corrected chi connectivity index (χ2v) is 5.63. The fourth-order valence-corrected chi connectivity index (χ4v) is 3.13. The van der Waals surface area contributed by atoms with Gasteiger partial charge >= 0.3 is 0 Å². The smallest absolute Gasteiger partial charge is 0.122 e. The first kappa shape index (κ1) is 12.0. The van der Waals surface area contributed by atoms with Gasteiger partial charge in [-0.25, -0.2) is 0 Å². The highest BCUT2D eigenvalue weighted by molar-refractivity contribution is 5.62. The number of H-pyrrole nitrogens is 1. The summed E-state index contributed by atoms with van der Waals surface area (Å²) >= 11 is 0. The first-order valence-electron chi connectivity index (χ1n) is 7.45. The molecule has 0 spiro atoms. The van der Waals surface area contributed by atoms with E-state index < -0.39 is 0 Å². The van der Waals surface area contributed by atoms with E-state index in [1.165, 1.54) is 29.7 Å². The molecule has 3 heterocycles. The van der Waals surface area contributed by atoms with Crippen LogP contribution in [0.4, 0.5) is 0 Å². The van der Waals surface area contributed by atoms with E-state index in [9.17, 15) is 0 Å². The summed E-state index contributed by atoms with van der Waals surface area (Å²) in [7, 11) is 0. The third kappa shape index (κ3) is 2.10. The molecule has 4 heteroatoms. The van der Waals surface area contributed by atoms with E-state index in [2.05, 4.69) is 39.8 Å². The van der Waals surface area contributed by atoms with Gasteiger partial charge < -0.3 is 10.1 Å². The van der Waals surface area contributed by atoms with Crippen LogP contribution in [0.2, 0.25) is 0 Å². The maximum absolute atomic E-state index is 5.66. The van der Waals surface area contributed by atoms with Gasteiger partial charge in [0.2, 0.25) is 0 Å². The minimum Gasteiger partial charge on any atom is -0.493 e. The molecule has 1 saturated heterocycles. The molecule has 1 fully saturated rings. The predicted octanol–water partition coefficient (Wildman–Crippen LogP) is 2.83. The van der Waals surface area contributed by atoms with Crippen molar-refractivity contribution in [3.05, 3.63) is 35.5 Å². The van der Waals surface area contributed by atoms with Gasteiger partial charge in [0.25, 0.3) is 0 Å². The number of aromatic amines is 1. The molecule has 0 aliphatic carbocycles. The highest BCUT2D eigenvalue weighted by atomic mass is 16.5. The first-order valence-corrected chi connectivity index (χ1v) is 7.45. The monoisotopic (exact) mass is 269 g/mol. The summed E-state index contributed by atoms with van der Waals surface area (Å²) in [6, 6.07) is 9.01. The van der Waals surface area contributed by atoms with Gasteiger partial charge in [0, 0.05) is 11.6 Å². The average Bonchev–Trinajstić information content (AvgIpc) is 3.17. The number of rotatable bonds is 2. The van der Waals surface area contributed by atoms with Crippen molar-refractivity contribution in [3.63, 3.8) is 0 Å². The lowest BCUT2D eigenvalue weighted by Crippen LogP contribution is -2.12. The highest BCUT2D eigenvalue weighted by Crippen LogP contribution is 2.31. The summed E-state index contributed by atoms with van der Waals surface area (Å²) in [5.41, 5.74) is 4.71. The largest absolute Gasteiger partial charge is 0.493 e. The number of ether oxygens (including phenoxy) is 1. The van der Waals surface area contributed by atoms with E-state index >= 15 is 0 Å². The molecule has 0 radical (unpaired) electrons. The molecule has 1 atom stereocenters. The summed E-state index contributed by atoms with van der Waals surface area (Å²) in [6.45, 7) is 1.95. The van der Waals surface area contributed by atoms with Crippen LogP contribution in [-0.4, -0.2) is 23.3 Å². The van der Waals surface area contributed by atoms with Crippen LogP contribution < -0.4 is 10.1 Å². The SMILES string of the molecule is c1cc2c(cc1-c1cc(C3CCCN3)[nH]n1)CCCO2. The molecule has 2 aliphatic rings. The molecule has 1 aromatic carbocycles. The lowest BCUT2D eigenvalue weighted by atomic mass is 10.0. The van der Waals surface area contributed by atoms with Crippen molar-refractivity contribution in [2.24, 2.45) is 0 Å². The average molecular weight is 269 g/mol. The fraction of sp³-hybridized carbons (Fsp3) is 0.438. The van der Waals surface area contributed by atoms with Crippen LogP contribution in [0.3, 0.4) is 0 Å². The Morgan fingerprint density at radius 3 is 3.10 bits per heavy atom. The molecule has 0 bridgehead atoms. The molecule has 20 heavy (non-hydrogen) atoms. The van der Waals surface area contributed by atoms with Gasteiger partial charge in [-0.3, -0.25) is 5.10 Å². The number of fused-ring (bicyclic) bond motifs is 1. The number of aromatic nitrogens is 2. The Morgan fingerprint density at radius 2 is 2.20 bits per heavy atom. The van der Waals surface area contributed by atoms with E-state index in [0.717, 1.165) is 37.4 Å². The van der Waals surface area contributed by atoms with E-state index in [0.29, 0.717) is 6.04 Å². The quantitative estimate of drug-likeness (QED) is 0.881. The van der Waals surface area contributed by atoms with E-state index in [1.54, 1.807) is 0 Å². The summed E-state index contributed by atoms with van der Waals surface area (Å²) in [6.07, 6.45) is 4.65. The lowest BCUT2D eigenvalue weighted by molar-refractivity contribution is 0.288. The molecule has 0 amide bonds. The molecular weight excluding hydrogens is 250 g/mol. The lowest BCUT2D eigenvalue weighted by Gasteiger charge is -2.17. The Labute approximate surface area is 118 Å². The van der Waals surface area contributed by atoms with Gasteiger partial charge in [-0.1, -0.05) is 0 Å². The third-order valence-electron chi connectivity index (χ3n) is 4.24. The Bertz CT molecular complexity index is 614. The maximum Gasteiger partial charge on any atom is 0.122 e. The number of hydrogen-bond acceptors (Lipinski definition) is 3. The van der Waals surface area contributed by atoms with Crippen molar-refractivity contribution in [2.45, 2.75) is 31.7 Å². The third-order valence-corrected chi connectivity index (χ3v) is 4.24. The van der Waals surface area contributed by atoms with Gasteiger partial charge in [-0.05, 0) is 62.1 Å². The molecule has 0 saturated carbocycles. The van der Waals surface area contributed by atoms with Crippen LogP contribution in [0.5, 0.6) is 5.75 Å². The van der Waals surface area contributed by atoms with Gasteiger partial charge in [0.05, 0.1) is 18.0 Å². The molecule has 2 aliphatic heterocycles. The zero-order valence-corrected chi connectivity index (χ0v) is 11.5. The van der Waals surface area contributed by atoms with Crippen LogP contribution in [0, 0.1) is 0 Å². The molecule has 1 unspecified atom stereocenters. The summed E-state index contributed by atoms with van der Waals surface area (Å²) < 4.78 is 5.66. The second kappa shape index (κ2) is 4.94. The zero-order chi connectivity index (χ0) is 13.4. The summed E-state index contributed by atoms with van der Waals surface area (Å²) in [5.74, 6) is 1.04. The Balaban J connectivity index is 1.63. The van der Waals surface area contributed by atoms with Crippen molar-refractivity contribution < 1.29 is 4.74 Å². The summed E-state index contributed by atoms with van der Waals surface area (Å²) in [5, 5.41) is 11.2. The predicted molar refractivity (Wildman–Crippen MR) is 77.8 cm³/mol. The topological polar surface area (TPSA) is 49.9 Å².